The maximum Gasteiger partial charge on any atom is 0.324 e. The van der Waals surface area contributed by atoms with E-state index >= 15 is 0 Å². The summed E-state index contributed by atoms with van der Waals surface area (Å²) >= 11 is 0. The number of aryl methyl sites for hydroxylation is 1. The number of ether oxygens (including phenoxy) is 2. The highest BCUT2D eigenvalue weighted by Gasteiger charge is 2.22. The van der Waals surface area contributed by atoms with E-state index in [9.17, 15) is 9.18 Å². The quantitative estimate of drug-likeness (QED) is 0.271. The van der Waals surface area contributed by atoms with Gasteiger partial charge in [0.25, 0.3) is 0 Å². The third-order valence-corrected chi connectivity index (χ3v) is 5.45. The van der Waals surface area contributed by atoms with Crippen LogP contribution in [-0.2, 0) is 5.41 Å². The number of hydrogen-bond acceptors (Lipinski definition) is 6. The van der Waals surface area contributed by atoms with Gasteiger partial charge >= 0.3 is 6.03 Å². The first-order valence-corrected chi connectivity index (χ1v) is 12.0. The van der Waals surface area contributed by atoms with E-state index in [0.717, 1.165) is 11.4 Å². The number of anilines is 2. The Morgan fingerprint density at radius 2 is 1.71 bits per heavy atom. The van der Waals surface area contributed by atoms with Gasteiger partial charge in [0.15, 0.2) is 0 Å². The van der Waals surface area contributed by atoms with Gasteiger partial charge in [0, 0.05) is 35.5 Å². The van der Waals surface area contributed by atoms with E-state index in [-0.39, 0.29) is 24.3 Å². The predicted octanol–water partition coefficient (Wildman–Crippen LogP) is 5.82. The molecule has 9 nitrogen and oxygen atoms in total. The number of aromatic nitrogens is 3. The molecule has 4 rings (SSSR count). The fraction of sp³-hybridized carbons (Fsp3) is 0.250. The fourth-order valence-electron chi connectivity index (χ4n) is 3.53. The van der Waals surface area contributed by atoms with Crippen molar-refractivity contribution in [3.05, 3.63) is 84.1 Å². The van der Waals surface area contributed by atoms with Crippen molar-refractivity contribution in [2.45, 2.75) is 33.1 Å². The SMILES string of the molecule is Cc1cc(Oc2ccc(NC(=O)Nc3cc(C(C)(C)C)nn3-c3ccc(OCCO)cc3)c(F)c2)ccn1. The van der Waals surface area contributed by atoms with Crippen LogP contribution < -0.4 is 20.1 Å². The summed E-state index contributed by atoms with van der Waals surface area (Å²) in [6, 6.07) is 15.8. The van der Waals surface area contributed by atoms with Crippen molar-refractivity contribution >= 4 is 17.5 Å². The number of carbonyl (C=O) groups excluding carboxylic acids is 1. The van der Waals surface area contributed by atoms with Crippen LogP contribution in [-0.4, -0.2) is 39.1 Å². The molecule has 10 heteroatoms. The molecule has 0 aliphatic heterocycles. The Hall–Kier alpha value is -4.44. The summed E-state index contributed by atoms with van der Waals surface area (Å²) < 4.78 is 27.5. The van der Waals surface area contributed by atoms with Crippen LogP contribution in [0.15, 0.2) is 66.9 Å². The van der Waals surface area contributed by atoms with Gasteiger partial charge in [-0.2, -0.15) is 5.10 Å². The van der Waals surface area contributed by atoms with Gasteiger partial charge in [-0.15, -0.1) is 0 Å². The summed E-state index contributed by atoms with van der Waals surface area (Å²) in [6.45, 7) is 7.98. The summed E-state index contributed by atoms with van der Waals surface area (Å²) in [4.78, 5) is 17.0. The van der Waals surface area contributed by atoms with Crippen molar-refractivity contribution < 1.29 is 23.8 Å². The number of amides is 2. The Morgan fingerprint density at radius 1 is 1.00 bits per heavy atom. The molecule has 2 amide bonds. The smallest absolute Gasteiger partial charge is 0.324 e. The molecule has 4 aromatic rings. The van der Waals surface area contributed by atoms with Crippen molar-refractivity contribution in [1.29, 1.82) is 0 Å². The zero-order chi connectivity index (χ0) is 27.3. The first kappa shape index (κ1) is 26.6. The monoisotopic (exact) mass is 519 g/mol. The predicted molar refractivity (Wildman–Crippen MR) is 143 cm³/mol. The number of halogens is 1. The van der Waals surface area contributed by atoms with Crippen molar-refractivity contribution in [2.75, 3.05) is 23.8 Å². The number of nitrogens with one attached hydrogen (secondary N) is 2. The highest BCUT2D eigenvalue weighted by Crippen LogP contribution is 2.28. The minimum absolute atomic E-state index is 0.00625. The molecular formula is C28H30FN5O4. The van der Waals surface area contributed by atoms with E-state index in [1.165, 1.54) is 12.1 Å². The first-order chi connectivity index (χ1) is 18.1. The number of pyridine rings is 1. The lowest BCUT2D eigenvalue weighted by Crippen LogP contribution is -2.22. The molecule has 0 fully saturated rings. The molecule has 0 atom stereocenters. The topological polar surface area (TPSA) is 111 Å². The van der Waals surface area contributed by atoms with Crippen molar-refractivity contribution in [3.63, 3.8) is 0 Å². The Labute approximate surface area is 220 Å². The van der Waals surface area contributed by atoms with Gasteiger partial charge in [0.05, 0.1) is 23.7 Å². The number of aliphatic hydroxyl groups excluding tert-OH is 1. The Bertz CT molecular complexity index is 1410. The second kappa shape index (κ2) is 11.3. The molecule has 198 valence electrons. The molecule has 2 aromatic carbocycles. The lowest BCUT2D eigenvalue weighted by atomic mass is 9.92. The van der Waals surface area contributed by atoms with E-state index in [4.69, 9.17) is 14.6 Å². The standard InChI is InChI=1S/C28H30FN5O4/c1-18-15-22(11-12-30-18)38-21-9-10-24(23(29)16-21)31-27(36)32-26-17-25(28(2,3)4)33-34(26)19-5-7-20(8-6-19)37-14-13-35/h5-12,15-17,35H,13-14H2,1-4H3,(H2,31,32,36). The van der Waals surface area contributed by atoms with Crippen LogP contribution in [0.2, 0.25) is 0 Å². The summed E-state index contributed by atoms with van der Waals surface area (Å²) in [7, 11) is 0. The zero-order valence-corrected chi connectivity index (χ0v) is 21.7. The van der Waals surface area contributed by atoms with Gasteiger partial charge in [-0.3, -0.25) is 10.3 Å². The largest absolute Gasteiger partial charge is 0.491 e. The lowest BCUT2D eigenvalue weighted by molar-refractivity contribution is 0.201. The van der Waals surface area contributed by atoms with Gasteiger partial charge < -0.3 is 19.9 Å². The van der Waals surface area contributed by atoms with E-state index in [0.29, 0.717) is 28.8 Å². The lowest BCUT2D eigenvalue weighted by Gasteiger charge is -2.14. The molecule has 0 radical (unpaired) electrons. The van der Waals surface area contributed by atoms with Crippen molar-refractivity contribution in [1.82, 2.24) is 14.8 Å². The molecule has 0 aliphatic rings. The molecule has 2 aromatic heterocycles. The molecule has 2 heterocycles. The molecule has 0 aliphatic carbocycles. The number of benzene rings is 2. The highest BCUT2D eigenvalue weighted by molar-refractivity contribution is 5.99. The van der Waals surface area contributed by atoms with Gasteiger partial charge in [-0.1, -0.05) is 20.8 Å². The van der Waals surface area contributed by atoms with Crippen LogP contribution in [0.25, 0.3) is 5.69 Å². The van der Waals surface area contributed by atoms with E-state index in [2.05, 4.69) is 20.7 Å². The molecule has 0 unspecified atom stereocenters. The Morgan fingerprint density at radius 3 is 2.37 bits per heavy atom. The van der Waals surface area contributed by atoms with Crippen molar-refractivity contribution in [2.24, 2.45) is 0 Å². The van der Waals surface area contributed by atoms with Gasteiger partial charge in [-0.05, 0) is 49.4 Å². The van der Waals surface area contributed by atoms with Gasteiger partial charge in [-0.25, -0.2) is 13.9 Å². The van der Waals surface area contributed by atoms with E-state index in [1.54, 1.807) is 59.4 Å². The van der Waals surface area contributed by atoms with Crippen molar-refractivity contribution in [3.8, 4) is 22.9 Å². The highest BCUT2D eigenvalue weighted by atomic mass is 19.1. The zero-order valence-electron chi connectivity index (χ0n) is 21.7. The van der Waals surface area contributed by atoms with Crippen LogP contribution in [0.5, 0.6) is 17.2 Å². The minimum atomic E-state index is -0.647. The van der Waals surface area contributed by atoms with Gasteiger partial charge in [0.1, 0.15) is 35.5 Å². The second-order valence-corrected chi connectivity index (χ2v) is 9.60. The summed E-state index contributed by atoms with van der Waals surface area (Å²) in [6.07, 6.45) is 1.61. The second-order valence-electron chi connectivity index (χ2n) is 9.60. The molecule has 3 N–H and O–H groups in total. The molecular weight excluding hydrogens is 489 g/mol. The first-order valence-electron chi connectivity index (χ1n) is 12.0. The molecule has 38 heavy (non-hydrogen) atoms. The average Bonchev–Trinajstić information content (AvgIpc) is 3.29. The van der Waals surface area contributed by atoms with Crippen LogP contribution in [0.4, 0.5) is 20.7 Å². The van der Waals surface area contributed by atoms with Crippen LogP contribution in [0, 0.1) is 12.7 Å². The Balaban J connectivity index is 1.50. The third kappa shape index (κ3) is 6.65. The minimum Gasteiger partial charge on any atom is -0.491 e. The number of aliphatic hydroxyl groups is 1. The molecule has 0 bridgehead atoms. The maximum absolute atomic E-state index is 14.8. The number of nitrogens with zero attached hydrogens (tertiary/aromatic N) is 3. The number of hydrogen-bond donors (Lipinski definition) is 3. The van der Waals surface area contributed by atoms with Crippen LogP contribution in [0.1, 0.15) is 32.2 Å². The van der Waals surface area contributed by atoms with E-state index in [1.807, 2.05) is 27.7 Å². The summed E-state index contributed by atoms with van der Waals surface area (Å²) in [5.41, 5.74) is 1.93. The Kier molecular flexibility index (Phi) is 7.92. The van der Waals surface area contributed by atoms with Crippen LogP contribution >= 0.6 is 0 Å². The van der Waals surface area contributed by atoms with Crippen LogP contribution in [0.3, 0.4) is 0 Å². The maximum atomic E-state index is 14.8. The number of urea groups is 1. The number of carbonyl (C=O) groups is 1. The van der Waals surface area contributed by atoms with Gasteiger partial charge in [0.2, 0.25) is 0 Å². The molecule has 0 saturated carbocycles. The van der Waals surface area contributed by atoms with E-state index < -0.39 is 11.8 Å². The molecule has 0 saturated heterocycles. The summed E-state index contributed by atoms with van der Waals surface area (Å²) in [5, 5.41) is 18.9. The fourth-order valence-corrected chi connectivity index (χ4v) is 3.53. The normalized spacial score (nSPS) is 11.2. The molecule has 0 spiro atoms. The third-order valence-electron chi connectivity index (χ3n) is 5.45. The average molecular weight is 520 g/mol. The number of rotatable bonds is 8. The summed E-state index contributed by atoms with van der Waals surface area (Å²) in [5.74, 6) is 1.18.